The first kappa shape index (κ1) is 20.6. The topological polar surface area (TPSA) is 72.2 Å². The van der Waals surface area contributed by atoms with Crippen LogP contribution in [0.1, 0.15) is 56.0 Å². The van der Waals surface area contributed by atoms with Crippen molar-refractivity contribution in [1.29, 1.82) is 0 Å². The van der Waals surface area contributed by atoms with Crippen LogP contribution in [0.4, 0.5) is 0 Å². The number of aryl methyl sites for hydroxylation is 1. The molecule has 1 aromatic heterocycles. The van der Waals surface area contributed by atoms with Crippen LogP contribution >= 0.6 is 11.8 Å². The smallest absolute Gasteiger partial charge is 0.271 e. The van der Waals surface area contributed by atoms with Gasteiger partial charge in [-0.25, -0.2) is 5.43 Å². The average Bonchev–Trinajstić information content (AvgIpc) is 3.09. The number of aromatic nitrogens is 3. The highest BCUT2D eigenvalue weighted by Crippen LogP contribution is 2.31. The van der Waals surface area contributed by atoms with Crippen LogP contribution in [0.25, 0.3) is 0 Å². The summed E-state index contributed by atoms with van der Waals surface area (Å²) < 4.78 is 1.89. The van der Waals surface area contributed by atoms with Crippen LogP contribution in [0.3, 0.4) is 0 Å². The zero-order valence-corrected chi connectivity index (χ0v) is 17.9. The Morgan fingerprint density at radius 1 is 1.32 bits per heavy atom. The second-order valence-corrected chi connectivity index (χ2v) is 8.93. The summed E-state index contributed by atoms with van der Waals surface area (Å²) in [4.78, 5) is 12.5. The Bertz CT molecular complexity index is 828. The van der Waals surface area contributed by atoms with Gasteiger partial charge in [-0.1, -0.05) is 44.7 Å². The SMILES string of the molecule is CC(C)[C@H]1CC[C@@H](C)CC1=NNC(=O)c1ccc(CSc2nncn2C)cc1. The third kappa shape index (κ3) is 5.22. The summed E-state index contributed by atoms with van der Waals surface area (Å²) in [6.45, 7) is 6.72. The van der Waals surface area contributed by atoms with Crippen LogP contribution in [0, 0.1) is 17.8 Å². The highest BCUT2D eigenvalue weighted by molar-refractivity contribution is 7.98. The molecule has 150 valence electrons. The zero-order valence-electron chi connectivity index (χ0n) is 17.1. The summed E-state index contributed by atoms with van der Waals surface area (Å²) in [5.41, 5.74) is 5.68. The van der Waals surface area contributed by atoms with E-state index in [1.54, 1.807) is 18.1 Å². The molecule has 1 fully saturated rings. The van der Waals surface area contributed by atoms with Gasteiger partial charge in [-0.15, -0.1) is 10.2 Å². The average molecular weight is 400 g/mol. The number of hydrogen-bond acceptors (Lipinski definition) is 5. The first-order valence-corrected chi connectivity index (χ1v) is 10.8. The van der Waals surface area contributed by atoms with E-state index in [2.05, 4.69) is 41.5 Å². The molecule has 1 N–H and O–H groups in total. The van der Waals surface area contributed by atoms with Crippen LogP contribution < -0.4 is 5.43 Å². The van der Waals surface area contributed by atoms with Gasteiger partial charge in [-0.3, -0.25) is 4.79 Å². The van der Waals surface area contributed by atoms with E-state index in [1.165, 1.54) is 6.42 Å². The number of carbonyl (C=O) groups excluding carboxylic acids is 1. The molecule has 0 unspecified atom stereocenters. The number of hydrazone groups is 1. The van der Waals surface area contributed by atoms with E-state index < -0.39 is 0 Å². The maximum atomic E-state index is 12.5. The minimum absolute atomic E-state index is 0.152. The molecule has 28 heavy (non-hydrogen) atoms. The lowest BCUT2D eigenvalue weighted by Crippen LogP contribution is -2.31. The highest BCUT2D eigenvalue weighted by atomic mass is 32.2. The predicted molar refractivity (Wildman–Crippen MR) is 113 cm³/mol. The lowest BCUT2D eigenvalue weighted by Gasteiger charge is -2.30. The quantitative estimate of drug-likeness (QED) is 0.581. The number of hydrogen-bond donors (Lipinski definition) is 1. The van der Waals surface area contributed by atoms with Gasteiger partial charge < -0.3 is 4.57 Å². The maximum absolute atomic E-state index is 12.5. The van der Waals surface area contributed by atoms with Gasteiger partial charge in [0, 0.05) is 30.0 Å². The maximum Gasteiger partial charge on any atom is 0.271 e. The molecule has 1 amide bonds. The second-order valence-electron chi connectivity index (χ2n) is 7.99. The van der Waals surface area contributed by atoms with Crippen LogP contribution in [-0.4, -0.2) is 26.4 Å². The fourth-order valence-corrected chi connectivity index (χ4v) is 4.42. The van der Waals surface area contributed by atoms with Crippen LogP contribution in [0.5, 0.6) is 0 Å². The van der Waals surface area contributed by atoms with Gasteiger partial charge in [0.05, 0.1) is 0 Å². The monoisotopic (exact) mass is 399 g/mol. The Morgan fingerprint density at radius 3 is 2.71 bits per heavy atom. The van der Waals surface area contributed by atoms with Crippen molar-refractivity contribution in [2.24, 2.45) is 29.9 Å². The van der Waals surface area contributed by atoms with Crippen LogP contribution in [0.15, 0.2) is 40.9 Å². The van der Waals surface area contributed by atoms with Gasteiger partial charge in [0.1, 0.15) is 6.33 Å². The Morgan fingerprint density at radius 2 is 2.07 bits per heavy atom. The molecule has 1 heterocycles. The van der Waals surface area contributed by atoms with Gasteiger partial charge >= 0.3 is 0 Å². The molecule has 0 saturated heterocycles. The molecule has 1 aromatic carbocycles. The molecule has 1 saturated carbocycles. The van der Waals surface area contributed by atoms with E-state index >= 15 is 0 Å². The number of carbonyl (C=O) groups is 1. The zero-order chi connectivity index (χ0) is 20.1. The lowest BCUT2D eigenvalue weighted by atomic mass is 9.76. The Hall–Kier alpha value is -2.15. The minimum atomic E-state index is -0.152. The molecule has 2 aromatic rings. The van der Waals surface area contributed by atoms with Gasteiger partial charge in [-0.2, -0.15) is 5.10 Å². The van der Waals surface area contributed by atoms with Crippen LogP contribution in [0.2, 0.25) is 0 Å². The lowest BCUT2D eigenvalue weighted by molar-refractivity contribution is 0.0954. The molecular formula is C21H29N5OS. The van der Waals surface area contributed by atoms with E-state index in [1.807, 2.05) is 35.9 Å². The van der Waals surface area contributed by atoms with Crippen molar-refractivity contribution >= 4 is 23.4 Å². The normalized spacial score (nSPS) is 21.2. The molecule has 0 spiro atoms. The number of nitrogens with one attached hydrogen (secondary N) is 1. The molecule has 0 radical (unpaired) electrons. The largest absolute Gasteiger partial charge is 0.312 e. The molecule has 0 aliphatic heterocycles. The fraction of sp³-hybridized carbons (Fsp3) is 0.524. The van der Waals surface area contributed by atoms with Crippen LogP contribution in [-0.2, 0) is 12.8 Å². The molecule has 1 aliphatic carbocycles. The number of rotatable bonds is 6. The van der Waals surface area contributed by atoms with E-state index in [0.29, 0.717) is 23.3 Å². The highest BCUT2D eigenvalue weighted by Gasteiger charge is 2.27. The summed E-state index contributed by atoms with van der Waals surface area (Å²) in [5.74, 6) is 2.28. The minimum Gasteiger partial charge on any atom is -0.312 e. The summed E-state index contributed by atoms with van der Waals surface area (Å²) in [6, 6.07) is 7.66. The molecule has 0 bridgehead atoms. The molecule has 6 nitrogen and oxygen atoms in total. The van der Waals surface area contributed by atoms with Crippen molar-refractivity contribution < 1.29 is 4.79 Å². The Kier molecular flexibility index (Phi) is 6.88. The molecule has 1 aliphatic rings. The number of benzene rings is 1. The fourth-order valence-electron chi connectivity index (χ4n) is 3.58. The van der Waals surface area contributed by atoms with Crippen molar-refractivity contribution in [3.05, 3.63) is 41.7 Å². The van der Waals surface area contributed by atoms with E-state index in [9.17, 15) is 4.79 Å². The Balaban J connectivity index is 1.58. The first-order valence-electron chi connectivity index (χ1n) is 9.86. The number of amides is 1. The Labute approximate surface area is 171 Å². The van der Waals surface area contributed by atoms with Gasteiger partial charge in [0.25, 0.3) is 5.91 Å². The summed E-state index contributed by atoms with van der Waals surface area (Å²) >= 11 is 1.62. The van der Waals surface area contributed by atoms with Gasteiger partial charge in [-0.05, 0) is 48.8 Å². The predicted octanol–water partition coefficient (Wildman–Crippen LogP) is 4.29. The molecule has 2 atom stereocenters. The molecule has 3 rings (SSSR count). The second kappa shape index (κ2) is 9.37. The van der Waals surface area contributed by atoms with Crippen molar-refractivity contribution in [2.75, 3.05) is 0 Å². The van der Waals surface area contributed by atoms with Crippen molar-refractivity contribution in [2.45, 2.75) is 50.9 Å². The van der Waals surface area contributed by atoms with Gasteiger partial charge in [0.2, 0.25) is 0 Å². The summed E-state index contributed by atoms with van der Waals surface area (Å²) in [5, 5.41) is 13.3. The third-order valence-corrected chi connectivity index (χ3v) is 6.42. The van der Waals surface area contributed by atoms with Gasteiger partial charge in [0.15, 0.2) is 5.16 Å². The first-order chi connectivity index (χ1) is 13.4. The number of nitrogens with zero attached hydrogens (tertiary/aromatic N) is 4. The standard InChI is InChI=1S/C21H29N5OS/c1-14(2)18-10-5-15(3)11-19(18)23-24-20(27)17-8-6-16(7-9-17)12-28-21-25-22-13-26(21)4/h6-9,13-15,18H,5,10-12H2,1-4H3,(H,24,27)/t15-,18-/m1/s1. The van der Waals surface area contributed by atoms with Crippen molar-refractivity contribution in [1.82, 2.24) is 20.2 Å². The van der Waals surface area contributed by atoms with Crippen molar-refractivity contribution in [3.8, 4) is 0 Å². The summed E-state index contributed by atoms with van der Waals surface area (Å²) in [6.07, 6.45) is 5.06. The van der Waals surface area contributed by atoms with E-state index in [-0.39, 0.29) is 5.91 Å². The molecular weight excluding hydrogens is 370 g/mol. The third-order valence-electron chi connectivity index (χ3n) is 5.32. The molecule has 7 heteroatoms. The summed E-state index contributed by atoms with van der Waals surface area (Å²) in [7, 11) is 1.92. The van der Waals surface area contributed by atoms with Crippen molar-refractivity contribution in [3.63, 3.8) is 0 Å². The van der Waals surface area contributed by atoms with E-state index in [0.717, 1.165) is 35.0 Å². The van der Waals surface area contributed by atoms with E-state index in [4.69, 9.17) is 0 Å². The number of thioether (sulfide) groups is 1.